The number of nitrogens with zero attached hydrogens (tertiary/aromatic N) is 1. The number of aromatic nitrogens is 1. The fourth-order valence-electron chi connectivity index (χ4n) is 4.56. The van der Waals surface area contributed by atoms with Crippen LogP contribution in [0.25, 0.3) is 10.9 Å². The number of H-pyrrole nitrogens is 1. The number of carbonyl (C=O) groups is 1. The molecule has 1 aliphatic rings. The Morgan fingerprint density at radius 1 is 1.06 bits per heavy atom. The van der Waals surface area contributed by atoms with E-state index in [2.05, 4.69) is 53.7 Å². The van der Waals surface area contributed by atoms with E-state index in [1.54, 1.807) is 35.7 Å². The minimum Gasteiger partial charge on any atom is -0.356 e. The van der Waals surface area contributed by atoms with E-state index < -0.39 is 0 Å². The molecule has 1 aromatic heterocycles. The maximum atomic E-state index is 13.4. The van der Waals surface area contributed by atoms with Crippen LogP contribution in [-0.2, 0) is 17.0 Å². The van der Waals surface area contributed by atoms with Gasteiger partial charge in [0.1, 0.15) is 5.82 Å². The zero-order valence-electron chi connectivity index (χ0n) is 18.4. The van der Waals surface area contributed by atoms with Crippen molar-refractivity contribution in [3.05, 3.63) is 101 Å². The molecule has 3 nitrogen and oxygen atoms in total. The molecule has 0 spiro atoms. The van der Waals surface area contributed by atoms with Crippen molar-refractivity contribution in [2.45, 2.75) is 23.1 Å². The van der Waals surface area contributed by atoms with Crippen molar-refractivity contribution >= 4 is 40.3 Å². The van der Waals surface area contributed by atoms with Gasteiger partial charge in [0.25, 0.3) is 0 Å². The minimum atomic E-state index is -0.238. The number of hydrogen-bond donors (Lipinski definition) is 1. The highest BCUT2D eigenvalue weighted by Gasteiger charge is 2.34. The van der Waals surface area contributed by atoms with Crippen molar-refractivity contribution in [3.63, 3.8) is 0 Å². The van der Waals surface area contributed by atoms with E-state index in [0.29, 0.717) is 18.1 Å². The molecule has 1 N–H and O–H groups in total. The summed E-state index contributed by atoms with van der Waals surface area (Å²) in [6.07, 6.45) is 2.91. The molecule has 1 atom stereocenters. The van der Waals surface area contributed by atoms with Crippen molar-refractivity contribution in [1.82, 2.24) is 9.88 Å². The highest BCUT2D eigenvalue weighted by molar-refractivity contribution is 7.99. The molecule has 1 aliphatic heterocycles. The van der Waals surface area contributed by atoms with Crippen LogP contribution in [0.4, 0.5) is 4.39 Å². The van der Waals surface area contributed by atoms with Gasteiger partial charge in [0.2, 0.25) is 5.91 Å². The smallest absolute Gasteiger partial charge is 0.233 e. The summed E-state index contributed by atoms with van der Waals surface area (Å²) in [5, 5.41) is 1.25. The quantitative estimate of drug-likeness (QED) is 0.326. The molecule has 1 amide bonds. The van der Waals surface area contributed by atoms with Crippen LogP contribution >= 0.6 is 23.5 Å². The summed E-state index contributed by atoms with van der Waals surface area (Å²) >= 11 is 3.29. The Balaban J connectivity index is 1.42. The zero-order chi connectivity index (χ0) is 22.8. The number of benzene rings is 3. The zero-order valence-corrected chi connectivity index (χ0v) is 20.0. The number of carbonyl (C=O) groups excluding carboxylic acids is 1. The molecule has 0 bridgehead atoms. The number of thioether (sulfide) groups is 2. The summed E-state index contributed by atoms with van der Waals surface area (Å²) in [5.41, 5.74) is 5.70. The molecular weight excluding hydrogens is 451 g/mol. The number of hydrogen-bond acceptors (Lipinski definition) is 3. The third kappa shape index (κ3) is 4.55. The van der Waals surface area contributed by atoms with E-state index in [0.717, 1.165) is 28.8 Å². The molecule has 33 heavy (non-hydrogen) atoms. The van der Waals surface area contributed by atoms with Crippen LogP contribution in [0.5, 0.6) is 0 Å². The lowest BCUT2D eigenvalue weighted by molar-refractivity contribution is -0.130. The molecular formula is C27H25FN2OS2. The molecule has 168 valence electrons. The molecule has 0 aliphatic carbocycles. The summed E-state index contributed by atoms with van der Waals surface area (Å²) in [6, 6.07) is 23.3. The van der Waals surface area contributed by atoms with Crippen LogP contribution in [-0.4, -0.2) is 34.3 Å². The van der Waals surface area contributed by atoms with Crippen LogP contribution in [0.15, 0.2) is 77.7 Å². The third-order valence-electron chi connectivity index (χ3n) is 6.19. The molecule has 0 saturated carbocycles. The second-order valence-electron chi connectivity index (χ2n) is 8.19. The van der Waals surface area contributed by atoms with Gasteiger partial charge < -0.3 is 9.88 Å². The van der Waals surface area contributed by atoms with Gasteiger partial charge in [-0.3, -0.25) is 4.79 Å². The lowest BCUT2D eigenvalue weighted by Crippen LogP contribution is -2.41. The standard InChI is InChI=1S/C27H25FN2OS2/c1-32-21-12-8-19(9-13-21)27-26-23(22-4-2-3-5-24(22)29-26)14-15-30(27)25(31)17-33-16-18-6-10-20(28)11-7-18/h2-13,27,29H,14-17H2,1H3/t27-/m1/s1. The molecule has 0 unspecified atom stereocenters. The van der Waals surface area contributed by atoms with Crippen LogP contribution in [0.2, 0.25) is 0 Å². The van der Waals surface area contributed by atoms with Gasteiger partial charge in [-0.05, 0) is 59.7 Å². The third-order valence-corrected chi connectivity index (χ3v) is 7.93. The van der Waals surface area contributed by atoms with Crippen LogP contribution in [0.1, 0.15) is 28.4 Å². The molecule has 2 heterocycles. The average molecular weight is 477 g/mol. The summed E-state index contributed by atoms with van der Waals surface area (Å²) in [5.74, 6) is 0.972. The van der Waals surface area contributed by atoms with Gasteiger partial charge in [0.15, 0.2) is 0 Å². The molecule has 3 aromatic carbocycles. The van der Waals surface area contributed by atoms with Crippen LogP contribution in [0.3, 0.4) is 0 Å². The Bertz CT molecular complexity index is 1270. The second kappa shape index (κ2) is 9.65. The fraction of sp³-hybridized carbons (Fsp3) is 0.222. The van der Waals surface area contributed by atoms with E-state index in [9.17, 15) is 9.18 Å². The van der Waals surface area contributed by atoms with E-state index in [1.807, 2.05) is 11.0 Å². The molecule has 6 heteroatoms. The van der Waals surface area contributed by atoms with E-state index >= 15 is 0 Å². The Hall–Kier alpha value is -2.70. The summed E-state index contributed by atoms with van der Waals surface area (Å²) < 4.78 is 13.2. The van der Waals surface area contributed by atoms with Crippen LogP contribution in [0, 0.1) is 5.82 Å². The van der Waals surface area contributed by atoms with E-state index in [4.69, 9.17) is 0 Å². The van der Waals surface area contributed by atoms with E-state index in [1.165, 1.54) is 28.0 Å². The molecule has 0 radical (unpaired) electrons. The Labute approximate surface area is 201 Å². The van der Waals surface area contributed by atoms with Crippen molar-refractivity contribution in [1.29, 1.82) is 0 Å². The average Bonchev–Trinajstić information content (AvgIpc) is 3.23. The Morgan fingerprint density at radius 3 is 2.58 bits per heavy atom. The number of rotatable bonds is 6. The first kappa shape index (κ1) is 22.1. The predicted molar refractivity (Wildman–Crippen MR) is 136 cm³/mol. The Kier molecular flexibility index (Phi) is 6.47. The van der Waals surface area contributed by atoms with Gasteiger partial charge in [-0.15, -0.1) is 23.5 Å². The normalized spacial score (nSPS) is 15.6. The second-order valence-corrected chi connectivity index (χ2v) is 10.1. The van der Waals surface area contributed by atoms with Crippen molar-refractivity contribution in [3.8, 4) is 0 Å². The van der Waals surface area contributed by atoms with Gasteiger partial charge in [0.05, 0.1) is 11.8 Å². The number of halogens is 1. The maximum absolute atomic E-state index is 13.4. The molecule has 0 saturated heterocycles. The highest BCUT2D eigenvalue weighted by atomic mass is 32.2. The first-order chi connectivity index (χ1) is 16.1. The summed E-state index contributed by atoms with van der Waals surface area (Å²) in [7, 11) is 0. The summed E-state index contributed by atoms with van der Waals surface area (Å²) in [6.45, 7) is 0.694. The largest absolute Gasteiger partial charge is 0.356 e. The SMILES string of the molecule is CSc1ccc([C@@H]2c3[nH]c4ccccc4c3CCN2C(=O)CSCc2ccc(F)cc2)cc1. The number of fused-ring (bicyclic) bond motifs is 3. The van der Waals surface area contributed by atoms with Gasteiger partial charge in [0, 0.05) is 33.8 Å². The molecule has 4 aromatic rings. The lowest BCUT2D eigenvalue weighted by Gasteiger charge is -2.36. The van der Waals surface area contributed by atoms with Crippen LogP contribution < -0.4 is 0 Å². The monoisotopic (exact) mass is 476 g/mol. The number of aromatic amines is 1. The van der Waals surface area contributed by atoms with E-state index in [-0.39, 0.29) is 17.8 Å². The number of para-hydroxylation sites is 1. The predicted octanol–water partition coefficient (Wildman–Crippen LogP) is 6.44. The van der Waals surface area contributed by atoms with Crippen molar-refractivity contribution in [2.24, 2.45) is 0 Å². The highest BCUT2D eigenvalue weighted by Crippen LogP contribution is 2.39. The van der Waals surface area contributed by atoms with Crippen molar-refractivity contribution in [2.75, 3.05) is 18.6 Å². The topological polar surface area (TPSA) is 36.1 Å². The molecule has 5 rings (SSSR count). The number of nitrogens with one attached hydrogen (secondary N) is 1. The van der Waals surface area contributed by atoms with Crippen molar-refractivity contribution < 1.29 is 9.18 Å². The fourth-order valence-corrected chi connectivity index (χ4v) is 5.84. The molecule has 0 fully saturated rings. The lowest BCUT2D eigenvalue weighted by atomic mass is 9.92. The van der Waals surface area contributed by atoms with Gasteiger partial charge in [-0.25, -0.2) is 4.39 Å². The summed E-state index contributed by atoms with van der Waals surface area (Å²) in [4.78, 5) is 20.3. The Morgan fingerprint density at radius 2 is 1.82 bits per heavy atom. The number of amides is 1. The van der Waals surface area contributed by atoms with Gasteiger partial charge in [-0.2, -0.15) is 0 Å². The van der Waals surface area contributed by atoms with Gasteiger partial charge in [-0.1, -0.05) is 42.5 Å². The van der Waals surface area contributed by atoms with Gasteiger partial charge >= 0.3 is 0 Å². The first-order valence-electron chi connectivity index (χ1n) is 11.0. The maximum Gasteiger partial charge on any atom is 0.233 e. The first-order valence-corrected chi connectivity index (χ1v) is 13.4. The minimum absolute atomic E-state index is 0.129.